The van der Waals surface area contributed by atoms with Crippen LogP contribution >= 0.6 is 0 Å². The zero-order valence-electron chi connectivity index (χ0n) is 8.47. The van der Waals surface area contributed by atoms with Crippen LogP contribution in [0, 0.1) is 11.8 Å². The summed E-state index contributed by atoms with van der Waals surface area (Å²) in [7, 11) is 0. The predicted octanol–water partition coefficient (Wildman–Crippen LogP) is 1.87. The van der Waals surface area contributed by atoms with Crippen molar-refractivity contribution in [3.8, 4) is 0 Å². The molecule has 2 heteroatoms. The molecule has 0 spiro atoms. The van der Waals surface area contributed by atoms with Gasteiger partial charge in [-0.2, -0.15) is 0 Å². The first kappa shape index (κ1) is 9.53. The number of hydrogen-bond acceptors (Lipinski definition) is 2. The van der Waals surface area contributed by atoms with Crippen molar-refractivity contribution in [3.63, 3.8) is 0 Å². The molecule has 2 rings (SSSR count). The van der Waals surface area contributed by atoms with E-state index in [4.69, 9.17) is 5.73 Å². The Balaban J connectivity index is 1.94. The van der Waals surface area contributed by atoms with Crippen LogP contribution in [0.2, 0.25) is 0 Å². The van der Waals surface area contributed by atoms with Crippen molar-refractivity contribution in [3.05, 3.63) is 36.6 Å². The van der Waals surface area contributed by atoms with Crippen LogP contribution in [-0.2, 0) is 0 Å². The van der Waals surface area contributed by atoms with E-state index < -0.39 is 0 Å². The molecule has 0 aromatic heterocycles. The zero-order chi connectivity index (χ0) is 9.80. The molecule has 0 fully saturated rings. The van der Waals surface area contributed by atoms with Gasteiger partial charge in [-0.05, 0) is 30.9 Å². The lowest BCUT2D eigenvalue weighted by molar-refractivity contribution is 0.302. The maximum absolute atomic E-state index is 5.58. The maximum atomic E-state index is 5.58. The Morgan fingerprint density at radius 3 is 2.71 bits per heavy atom. The van der Waals surface area contributed by atoms with Gasteiger partial charge in [0.25, 0.3) is 0 Å². The van der Waals surface area contributed by atoms with Gasteiger partial charge in [-0.15, -0.1) is 0 Å². The molecule has 2 N–H and O–H groups in total. The summed E-state index contributed by atoms with van der Waals surface area (Å²) in [6, 6.07) is 0. The largest absolute Gasteiger partial charge is 0.365 e. The molecular weight excluding hydrogens is 172 g/mol. The highest BCUT2D eigenvalue weighted by molar-refractivity contribution is 5.14. The average Bonchev–Trinajstić information content (AvgIpc) is 2.30. The van der Waals surface area contributed by atoms with Gasteiger partial charge in [0.1, 0.15) is 0 Å². The Bertz CT molecular complexity index is 265. The van der Waals surface area contributed by atoms with E-state index in [0.717, 1.165) is 6.54 Å². The standard InChI is InChI=1S/C12H18N2/c13-10-14-8-6-12(7-9-14)11-4-2-1-3-5-11/h1-4,6,8,11-12H,5,7,9-10,13H2. The second-order valence-corrected chi connectivity index (χ2v) is 4.00. The minimum atomic E-state index is 0.642. The van der Waals surface area contributed by atoms with Crippen LogP contribution in [0.3, 0.4) is 0 Å². The third kappa shape index (κ3) is 2.07. The Kier molecular flexibility index (Phi) is 3.04. The molecule has 0 bridgehead atoms. The van der Waals surface area contributed by atoms with Crippen LogP contribution < -0.4 is 5.73 Å². The summed E-state index contributed by atoms with van der Waals surface area (Å²) in [4.78, 5) is 2.17. The van der Waals surface area contributed by atoms with Gasteiger partial charge in [-0.3, -0.25) is 0 Å². The first-order valence-electron chi connectivity index (χ1n) is 5.36. The molecule has 2 aliphatic rings. The van der Waals surface area contributed by atoms with Crippen molar-refractivity contribution in [2.24, 2.45) is 17.6 Å². The topological polar surface area (TPSA) is 29.3 Å². The number of nitrogens with zero attached hydrogens (tertiary/aromatic N) is 1. The van der Waals surface area contributed by atoms with Crippen LogP contribution in [0.4, 0.5) is 0 Å². The molecular formula is C12H18N2. The van der Waals surface area contributed by atoms with E-state index in [1.807, 2.05) is 0 Å². The molecule has 1 aliphatic carbocycles. The van der Waals surface area contributed by atoms with Crippen LogP contribution in [-0.4, -0.2) is 18.1 Å². The van der Waals surface area contributed by atoms with Crippen molar-refractivity contribution in [2.45, 2.75) is 12.8 Å². The molecule has 0 aromatic rings. The van der Waals surface area contributed by atoms with Crippen molar-refractivity contribution >= 4 is 0 Å². The number of nitrogens with two attached hydrogens (primary N) is 1. The highest BCUT2D eigenvalue weighted by Crippen LogP contribution is 2.27. The van der Waals surface area contributed by atoms with Crippen LogP contribution in [0.25, 0.3) is 0 Å². The van der Waals surface area contributed by atoms with Gasteiger partial charge in [0.05, 0.1) is 6.67 Å². The Morgan fingerprint density at radius 1 is 1.21 bits per heavy atom. The van der Waals surface area contributed by atoms with Gasteiger partial charge in [0.15, 0.2) is 0 Å². The van der Waals surface area contributed by atoms with Crippen molar-refractivity contribution in [1.82, 2.24) is 4.90 Å². The molecule has 2 nitrogen and oxygen atoms in total. The number of rotatable bonds is 2. The van der Waals surface area contributed by atoms with Crippen LogP contribution in [0.1, 0.15) is 12.8 Å². The molecule has 0 radical (unpaired) electrons. The fraction of sp³-hybridized carbons (Fsp3) is 0.500. The SMILES string of the molecule is NCN1C=CC(C2C=CC=CC2)CC1. The van der Waals surface area contributed by atoms with E-state index in [1.54, 1.807) is 0 Å². The summed E-state index contributed by atoms with van der Waals surface area (Å²) in [6.45, 7) is 1.75. The van der Waals surface area contributed by atoms with E-state index in [1.165, 1.54) is 12.8 Å². The van der Waals surface area contributed by atoms with Crippen molar-refractivity contribution in [1.29, 1.82) is 0 Å². The molecule has 0 saturated carbocycles. The molecule has 14 heavy (non-hydrogen) atoms. The van der Waals surface area contributed by atoms with Gasteiger partial charge in [0.2, 0.25) is 0 Å². The van der Waals surface area contributed by atoms with Crippen LogP contribution in [0.5, 0.6) is 0 Å². The molecule has 0 aromatic carbocycles. The monoisotopic (exact) mass is 190 g/mol. The molecule has 0 amide bonds. The lowest BCUT2D eigenvalue weighted by atomic mass is 9.83. The molecule has 76 valence electrons. The third-order valence-electron chi connectivity index (χ3n) is 3.09. The summed E-state index contributed by atoms with van der Waals surface area (Å²) >= 11 is 0. The van der Waals surface area contributed by atoms with E-state index in [9.17, 15) is 0 Å². The second-order valence-electron chi connectivity index (χ2n) is 4.00. The van der Waals surface area contributed by atoms with Gasteiger partial charge in [0, 0.05) is 6.54 Å². The number of hydrogen-bond donors (Lipinski definition) is 1. The fourth-order valence-corrected chi connectivity index (χ4v) is 2.14. The normalized spacial score (nSPS) is 31.1. The van der Waals surface area contributed by atoms with Crippen molar-refractivity contribution in [2.75, 3.05) is 13.2 Å². The summed E-state index contributed by atoms with van der Waals surface area (Å²) in [6.07, 6.45) is 15.8. The average molecular weight is 190 g/mol. The molecule has 2 unspecified atom stereocenters. The summed E-state index contributed by atoms with van der Waals surface area (Å²) < 4.78 is 0. The third-order valence-corrected chi connectivity index (χ3v) is 3.09. The summed E-state index contributed by atoms with van der Waals surface area (Å²) in [5.41, 5.74) is 5.58. The Labute approximate surface area is 85.8 Å². The van der Waals surface area contributed by atoms with Gasteiger partial charge < -0.3 is 10.6 Å². The zero-order valence-corrected chi connectivity index (χ0v) is 8.47. The minimum absolute atomic E-state index is 0.642. The maximum Gasteiger partial charge on any atom is 0.0651 e. The highest BCUT2D eigenvalue weighted by Gasteiger charge is 2.19. The van der Waals surface area contributed by atoms with E-state index >= 15 is 0 Å². The Morgan fingerprint density at radius 2 is 2.14 bits per heavy atom. The molecule has 2 atom stereocenters. The Hall–Kier alpha value is -1.02. The van der Waals surface area contributed by atoms with Gasteiger partial charge in [-0.1, -0.05) is 30.4 Å². The predicted molar refractivity (Wildman–Crippen MR) is 59.4 cm³/mol. The van der Waals surface area contributed by atoms with E-state index in [-0.39, 0.29) is 0 Å². The van der Waals surface area contributed by atoms with E-state index in [2.05, 4.69) is 41.5 Å². The van der Waals surface area contributed by atoms with Crippen LogP contribution in [0.15, 0.2) is 36.6 Å². The lowest BCUT2D eigenvalue weighted by Gasteiger charge is -2.30. The summed E-state index contributed by atoms with van der Waals surface area (Å²) in [5, 5.41) is 0. The molecule has 1 aliphatic heterocycles. The molecule has 0 saturated heterocycles. The number of allylic oxidation sites excluding steroid dienone is 5. The fourth-order valence-electron chi connectivity index (χ4n) is 2.14. The first-order valence-corrected chi connectivity index (χ1v) is 5.36. The minimum Gasteiger partial charge on any atom is -0.365 e. The lowest BCUT2D eigenvalue weighted by Crippen LogP contribution is -2.31. The first-order chi connectivity index (χ1) is 6.90. The molecule has 1 heterocycles. The highest BCUT2D eigenvalue weighted by atomic mass is 15.2. The quantitative estimate of drug-likeness (QED) is 0.720. The smallest absolute Gasteiger partial charge is 0.0651 e. The second kappa shape index (κ2) is 4.47. The van der Waals surface area contributed by atoms with E-state index in [0.29, 0.717) is 18.5 Å². The van der Waals surface area contributed by atoms with Crippen molar-refractivity contribution < 1.29 is 0 Å². The summed E-state index contributed by atoms with van der Waals surface area (Å²) in [5.74, 6) is 1.41. The van der Waals surface area contributed by atoms with Gasteiger partial charge in [-0.25, -0.2) is 0 Å². The van der Waals surface area contributed by atoms with Gasteiger partial charge >= 0.3 is 0 Å².